The fraction of sp³-hybridized carbons (Fsp3) is 0.0741. The molecule has 4 rings (SSSR count). The third-order valence-electron chi connectivity index (χ3n) is 5.01. The van der Waals surface area contributed by atoms with Crippen molar-refractivity contribution in [3.05, 3.63) is 115 Å². The minimum absolute atomic E-state index is 0.126. The lowest BCUT2D eigenvalue weighted by Gasteiger charge is -2.17. The van der Waals surface area contributed by atoms with E-state index in [1.54, 1.807) is 55.9 Å². The number of ether oxygens (including phenoxy) is 1. The number of anilines is 2. The summed E-state index contributed by atoms with van der Waals surface area (Å²) in [5.41, 5.74) is 2.80. The number of carbonyl (C=O) groups is 2. The SMILES string of the molecule is COc1ccc(C(=O)Nc2ccc(SC(C(=O)Nc3ccncc3)c3ccccc3)cc2)cc1. The Bertz CT molecular complexity index is 1230. The second-order valence-electron chi connectivity index (χ2n) is 7.34. The Morgan fingerprint density at radius 1 is 0.794 bits per heavy atom. The van der Waals surface area contributed by atoms with Crippen LogP contribution in [0.2, 0.25) is 0 Å². The Balaban J connectivity index is 1.46. The molecule has 0 fully saturated rings. The number of methoxy groups -OCH3 is 1. The first-order valence-electron chi connectivity index (χ1n) is 10.6. The van der Waals surface area contributed by atoms with Crippen molar-refractivity contribution >= 4 is 35.0 Å². The van der Waals surface area contributed by atoms with Crippen LogP contribution in [-0.4, -0.2) is 23.9 Å². The lowest BCUT2D eigenvalue weighted by molar-refractivity contribution is -0.115. The van der Waals surface area contributed by atoms with Crippen LogP contribution in [0, 0.1) is 0 Å². The maximum absolute atomic E-state index is 13.1. The molecule has 170 valence electrons. The lowest BCUT2D eigenvalue weighted by Crippen LogP contribution is -2.19. The molecule has 0 aliphatic heterocycles. The quantitative estimate of drug-likeness (QED) is 0.318. The maximum Gasteiger partial charge on any atom is 0.255 e. The van der Waals surface area contributed by atoms with Crippen LogP contribution in [0.4, 0.5) is 11.4 Å². The highest BCUT2D eigenvalue weighted by Crippen LogP contribution is 2.36. The zero-order valence-corrected chi connectivity index (χ0v) is 19.3. The molecule has 34 heavy (non-hydrogen) atoms. The van der Waals surface area contributed by atoms with Gasteiger partial charge in [-0.15, -0.1) is 11.8 Å². The number of benzene rings is 3. The third kappa shape index (κ3) is 6.02. The molecule has 1 atom stereocenters. The Hall–Kier alpha value is -4.10. The molecular formula is C27H23N3O3S. The van der Waals surface area contributed by atoms with Gasteiger partial charge in [0, 0.05) is 34.2 Å². The van der Waals surface area contributed by atoms with Gasteiger partial charge in [-0.25, -0.2) is 0 Å². The van der Waals surface area contributed by atoms with Crippen LogP contribution < -0.4 is 15.4 Å². The second kappa shape index (κ2) is 11.2. The highest BCUT2D eigenvalue weighted by atomic mass is 32.2. The summed E-state index contributed by atoms with van der Waals surface area (Å²) in [7, 11) is 1.58. The number of carbonyl (C=O) groups excluding carboxylic acids is 2. The van der Waals surface area contributed by atoms with Crippen LogP contribution >= 0.6 is 11.8 Å². The van der Waals surface area contributed by atoms with E-state index in [1.165, 1.54) is 11.8 Å². The fourth-order valence-corrected chi connectivity index (χ4v) is 4.27. The largest absolute Gasteiger partial charge is 0.497 e. The number of nitrogens with one attached hydrogen (secondary N) is 2. The summed E-state index contributed by atoms with van der Waals surface area (Å²) in [6.45, 7) is 0. The van der Waals surface area contributed by atoms with Crippen molar-refractivity contribution in [1.82, 2.24) is 4.98 Å². The van der Waals surface area contributed by atoms with E-state index in [-0.39, 0.29) is 11.8 Å². The van der Waals surface area contributed by atoms with Gasteiger partial charge in [0.15, 0.2) is 0 Å². The van der Waals surface area contributed by atoms with Crippen LogP contribution in [0.5, 0.6) is 5.75 Å². The van der Waals surface area contributed by atoms with Gasteiger partial charge in [-0.3, -0.25) is 14.6 Å². The highest BCUT2D eigenvalue weighted by Gasteiger charge is 2.22. The van der Waals surface area contributed by atoms with Crippen molar-refractivity contribution in [3.63, 3.8) is 0 Å². The Morgan fingerprint density at radius 2 is 1.44 bits per heavy atom. The summed E-state index contributed by atoms with van der Waals surface area (Å²) in [6.07, 6.45) is 3.28. The number of amides is 2. The smallest absolute Gasteiger partial charge is 0.255 e. The summed E-state index contributed by atoms with van der Waals surface area (Å²) in [4.78, 5) is 30.5. The molecule has 6 nitrogen and oxygen atoms in total. The van der Waals surface area contributed by atoms with Gasteiger partial charge in [-0.1, -0.05) is 30.3 Å². The van der Waals surface area contributed by atoms with Crippen molar-refractivity contribution in [2.24, 2.45) is 0 Å². The molecule has 1 aromatic heterocycles. The van der Waals surface area contributed by atoms with Crippen molar-refractivity contribution in [2.75, 3.05) is 17.7 Å². The minimum atomic E-state index is -0.450. The predicted molar refractivity (Wildman–Crippen MR) is 135 cm³/mol. The van der Waals surface area contributed by atoms with Crippen molar-refractivity contribution < 1.29 is 14.3 Å². The number of aromatic nitrogens is 1. The predicted octanol–water partition coefficient (Wildman–Crippen LogP) is 5.81. The first kappa shape index (κ1) is 23.1. The van der Waals surface area contributed by atoms with Gasteiger partial charge in [0.05, 0.1) is 7.11 Å². The summed E-state index contributed by atoms with van der Waals surface area (Å²) >= 11 is 1.44. The van der Waals surface area contributed by atoms with E-state index in [0.29, 0.717) is 22.7 Å². The highest BCUT2D eigenvalue weighted by molar-refractivity contribution is 8.00. The number of pyridine rings is 1. The molecule has 0 bridgehead atoms. The van der Waals surface area contributed by atoms with Crippen LogP contribution in [0.3, 0.4) is 0 Å². The van der Waals surface area contributed by atoms with Crippen molar-refractivity contribution in [3.8, 4) is 5.75 Å². The van der Waals surface area contributed by atoms with E-state index >= 15 is 0 Å². The molecular weight excluding hydrogens is 446 g/mol. The zero-order chi connectivity index (χ0) is 23.8. The first-order valence-corrected chi connectivity index (χ1v) is 11.5. The third-order valence-corrected chi connectivity index (χ3v) is 6.27. The summed E-state index contributed by atoms with van der Waals surface area (Å²) in [5, 5.41) is 5.40. The summed E-state index contributed by atoms with van der Waals surface area (Å²) < 4.78 is 5.13. The minimum Gasteiger partial charge on any atom is -0.497 e. The van der Waals surface area contributed by atoms with Gasteiger partial charge in [0.25, 0.3) is 5.91 Å². The van der Waals surface area contributed by atoms with Gasteiger partial charge < -0.3 is 15.4 Å². The zero-order valence-electron chi connectivity index (χ0n) is 18.5. The molecule has 7 heteroatoms. The van der Waals surface area contributed by atoms with Gasteiger partial charge in [-0.2, -0.15) is 0 Å². The molecule has 1 heterocycles. The van der Waals surface area contributed by atoms with Gasteiger partial charge in [0.2, 0.25) is 5.91 Å². The molecule has 2 amide bonds. The normalized spacial score (nSPS) is 11.3. The molecule has 0 aliphatic rings. The number of rotatable bonds is 8. The monoisotopic (exact) mass is 469 g/mol. The molecule has 0 saturated carbocycles. The molecule has 3 aromatic carbocycles. The van der Waals surface area contributed by atoms with Crippen LogP contribution in [0.15, 0.2) is 108 Å². The van der Waals surface area contributed by atoms with E-state index in [0.717, 1.165) is 10.5 Å². The number of thioether (sulfide) groups is 1. The van der Waals surface area contributed by atoms with Crippen LogP contribution in [0.25, 0.3) is 0 Å². The van der Waals surface area contributed by atoms with E-state index < -0.39 is 5.25 Å². The molecule has 0 spiro atoms. The second-order valence-corrected chi connectivity index (χ2v) is 8.52. The lowest BCUT2D eigenvalue weighted by atomic mass is 10.1. The van der Waals surface area contributed by atoms with Crippen LogP contribution in [-0.2, 0) is 4.79 Å². The van der Waals surface area contributed by atoms with Gasteiger partial charge >= 0.3 is 0 Å². The molecule has 1 unspecified atom stereocenters. The molecule has 0 radical (unpaired) electrons. The van der Waals surface area contributed by atoms with E-state index in [1.807, 2.05) is 54.6 Å². The summed E-state index contributed by atoms with van der Waals surface area (Å²) in [6, 6.07) is 27.5. The van der Waals surface area contributed by atoms with Crippen LogP contribution in [0.1, 0.15) is 21.2 Å². The van der Waals surface area contributed by atoms with Crippen molar-refractivity contribution in [1.29, 1.82) is 0 Å². The average molecular weight is 470 g/mol. The number of hydrogen-bond acceptors (Lipinski definition) is 5. The molecule has 4 aromatic rings. The number of nitrogens with zero attached hydrogens (tertiary/aromatic N) is 1. The fourth-order valence-electron chi connectivity index (χ4n) is 3.24. The van der Waals surface area contributed by atoms with Gasteiger partial charge in [0.1, 0.15) is 11.0 Å². The first-order chi connectivity index (χ1) is 16.6. The summed E-state index contributed by atoms with van der Waals surface area (Å²) in [5.74, 6) is 0.361. The average Bonchev–Trinajstić information content (AvgIpc) is 2.89. The van der Waals surface area contributed by atoms with E-state index in [9.17, 15) is 9.59 Å². The van der Waals surface area contributed by atoms with E-state index in [2.05, 4.69) is 15.6 Å². The maximum atomic E-state index is 13.1. The van der Waals surface area contributed by atoms with Gasteiger partial charge in [-0.05, 0) is 66.2 Å². The molecule has 2 N–H and O–H groups in total. The Morgan fingerprint density at radius 3 is 2.09 bits per heavy atom. The number of hydrogen-bond donors (Lipinski definition) is 2. The topological polar surface area (TPSA) is 80.3 Å². The Labute approximate surface area is 202 Å². The molecule has 0 aliphatic carbocycles. The van der Waals surface area contributed by atoms with E-state index in [4.69, 9.17) is 4.74 Å². The Kier molecular flexibility index (Phi) is 7.57. The standard InChI is InChI=1S/C27H23N3O3S/c1-33-23-11-7-20(8-12-23)26(31)29-21-9-13-24(14-10-21)34-25(19-5-3-2-4-6-19)27(32)30-22-15-17-28-18-16-22/h2-18,25H,1H3,(H,29,31)(H,28,30,32). The molecule has 0 saturated heterocycles. The van der Waals surface area contributed by atoms with Crippen molar-refractivity contribution in [2.45, 2.75) is 10.1 Å².